The van der Waals surface area contributed by atoms with E-state index in [9.17, 15) is 9.59 Å². The molecule has 1 aliphatic rings. The van der Waals surface area contributed by atoms with E-state index in [1.807, 2.05) is 48.5 Å². The lowest BCUT2D eigenvalue weighted by molar-refractivity contribution is 0.0695. The first-order valence-corrected chi connectivity index (χ1v) is 9.75. The molecule has 4 rings (SSSR count). The van der Waals surface area contributed by atoms with Crippen molar-refractivity contribution < 1.29 is 19.4 Å². The van der Waals surface area contributed by atoms with Gasteiger partial charge in [0.05, 0.1) is 18.7 Å². The van der Waals surface area contributed by atoms with Crippen LogP contribution in [0.5, 0.6) is 5.75 Å². The molecule has 0 radical (unpaired) electrons. The van der Waals surface area contributed by atoms with E-state index >= 15 is 0 Å². The number of anilines is 1. The van der Waals surface area contributed by atoms with Gasteiger partial charge in [0.25, 0.3) is 5.91 Å². The van der Waals surface area contributed by atoms with Crippen LogP contribution >= 0.6 is 0 Å². The van der Waals surface area contributed by atoms with Crippen molar-refractivity contribution in [3.05, 3.63) is 95.6 Å². The standard InChI is InChI=1S/C24H22N2O4/c27-23(25-14-17-6-2-1-3-7-17)18-8-4-10-20(12-18)26-15-22(16-26)30-21-11-5-9-19(13-21)24(28)29/h1-13,22H,14-16H2,(H,25,27)(H,28,29). The number of rotatable bonds is 7. The smallest absolute Gasteiger partial charge is 0.335 e. The third-order valence-electron chi connectivity index (χ3n) is 5.00. The van der Waals surface area contributed by atoms with Crippen LogP contribution in [-0.2, 0) is 6.54 Å². The highest BCUT2D eigenvalue weighted by Crippen LogP contribution is 2.25. The molecule has 152 valence electrons. The number of benzene rings is 3. The maximum Gasteiger partial charge on any atom is 0.335 e. The van der Waals surface area contributed by atoms with Crippen molar-refractivity contribution in [1.29, 1.82) is 0 Å². The fourth-order valence-corrected chi connectivity index (χ4v) is 3.34. The Balaban J connectivity index is 1.32. The van der Waals surface area contributed by atoms with Gasteiger partial charge in [0.1, 0.15) is 11.9 Å². The first-order chi connectivity index (χ1) is 14.6. The van der Waals surface area contributed by atoms with E-state index in [1.165, 1.54) is 12.1 Å². The Morgan fingerprint density at radius 2 is 1.67 bits per heavy atom. The molecule has 0 unspecified atom stereocenters. The number of hydrogen-bond donors (Lipinski definition) is 2. The molecule has 0 saturated carbocycles. The zero-order valence-electron chi connectivity index (χ0n) is 16.3. The van der Waals surface area contributed by atoms with Crippen LogP contribution in [-0.4, -0.2) is 36.2 Å². The first-order valence-electron chi connectivity index (χ1n) is 9.75. The molecule has 1 amide bonds. The van der Waals surface area contributed by atoms with E-state index < -0.39 is 5.97 Å². The fourth-order valence-electron chi connectivity index (χ4n) is 3.34. The summed E-state index contributed by atoms with van der Waals surface area (Å²) in [5, 5.41) is 12.0. The number of nitrogens with one attached hydrogen (secondary N) is 1. The van der Waals surface area contributed by atoms with Crippen LogP contribution in [0.3, 0.4) is 0 Å². The average Bonchev–Trinajstić information content (AvgIpc) is 2.75. The summed E-state index contributed by atoms with van der Waals surface area (Å²) in [5.41, 5.74) is 2.83. The Labute approximate surface area is 174 Å². The molecule has 1 saturated heterocycles. The third-order valence-corrected chi connectivity index (χ3v) is 5.00. The summed E-state index contributed by atoms with van der Waals surface area (Å²) < 4.78 is 5.87. The lowest BCUT2D eigenvalue weighted by Gasteiger charge is -2.40. The summed E-state index contributed by atoms with van der Waals surface area (Å²) in [6, 6.07) is 23.8. The van der Waals surface area contributed by atoms with E-state index in [0.29, 0.717) is 30.9 Å². The van der Waals surface area contributed by atoms with Crippen molar-refractivity contribution >= 4 is 17.6 Å². The minimum atomic E-state index is -0.974. The highest BCUT2D eigenvalue weighted by Gasteiger charge is 2.29. The second-order valence-electron chi connectivity index (χ2n) is 7.20. The lowest BCUT2D eigenvalue weighted by atomic mass is 10.1. The van der Waals surface area contributed by atoms with E-state index in [2.05, 4.69) is 10.2 Å². The molecule has 3 aromatic carbocycles. The molecular formula is C24H22N2O4. The van der Waals surface area contributed by atoms with Gasteiger partial charge in [-0.2, -0.15) is 0 Å². The second kappa shape index (κ2) is 8.69. The quantitative estimate of drug-likeness (QED) is 0.632. The SMILES string of the molecule is O=C(O)c1cccc(OC2CN(c3cccc(C(=O)NCc4ccccc4)c3)C2)c1. The average molecular weight is 402 g/mol. The summed E-state index contributed by atoms with van der Waals surface area (Å²) >= 11 is 0. The molecular weight excluding hydrogens is 380 g/mol. The number of hydrogen-bond acceptors (Lipinski definition) is 4. The third kappa shape index (κ3) is 4.60. The highest BCUT2D eigenvalue weighted by molar-refractivity contribution is 5.95. The second-order valence-corrected chi connectivity index (χ2v) is 7.20. The van der Waals surface area contributed by atoms with Crippen LogP contribution < -0.4 is 15.0 Å². The number of carbonyl (C=O) groups is 2. The zero-order chi connectivity index (χ0) is 20.9. The van der Waals surface area contributed by atoms with Crippen LogP contribution in [0.1, 0.15) is 26.3 Å². The first kappa shape index (κ1) is 19.5. The van der Waals surface area contributed by atoms with E-state index in [-0.39, 0.29) is 17.6 Å². The van der Waals surface area contributed by atoms with E-state index in [1.54, 1.807) is 18.2 Å². The lowest BCUT2D eigenvalue weighted by Crippen LogP contribution is -2.54. The summed E-state index contributed by atoms with van der Waals surface area (Å²) in [5.74, 6) is -0.536. The van der Waals surface area contributed by atoms with Crippen molar-refractivity contribution in [2.24, 2.45) is 0 Å². The molecule has 0 aliphatic carbocycles. The Hall–Kier alpha value is -3.80. The van der Waals surface area contributed by atoms with E-state index in [0.717, 1.165) is 11.3 Å². The van der Waals surface area contributed by atoms with Crippen molar-refractivity contribution in [1.82, 2.24) is 5.32 Å². The van der Waals surface area contributed by atoms with Gasteiger partial charge in [-0.25, -0.2) is 4.79 Å². The molecule has 0 aromatic heterocycles. The maximum atomic E-state index is 12.5. The van der Waals surface area contributed by atoms with Crippen molar-refractivity contribution in [3.63, 3.8) is 0 Å². The number of amides is 1. The molecule has 6 heteroatoms. The normalized spacial score (nSPS) is 13.4. The molecule has 30 heavy (non-hydrogen) atoms. The van der Waals surface area contributed by atoms with Gasteiger partial charge in [0, 0.05) is 17.8 Å². The molecule has 2 N–H and O–H groups in total. The number of aromatic carboxylic acids is 1. The highest BCUT2D eigenvalue weighted by atomic mass is 16.5. The summed E-state index contributed by atoms with van der Waals surface area (Å²) in [6.45, 7) is 1.83. The Kier molecular flexibility index (Phi) is 5.66. The van der Waals surface area contributed by atoms with Gasteiger partial charge in [-0.1, -0.05) is 42.5 Å². The van der Waals surface area contributed by atoms with Gasteiger partial charge in [-0.3, -0.25) is 4.79 Å². The van der Waals surface area contributed by atoms with E-state index in [4.69, 9.17) is 9.84 Å². The van der Waals surface area contributed by atoms with Gasteiger partial charge < -0.3 is 20.1 Å². The number of carbonyl (C=O) groups excluding carboxylic acids is 1. The topological polar surface area (TPSA) is 78.9 Å². The number of nitrogens with zero attached hydrogens (tertiary/aromatic N) is 1. The van der Waals surface area contributed by atoms with Crippen LogP contribution in [0.15, 0.2) is 78.9 Å². The van der Waals surface area contributed by atoms with Crippen molar-refractivity contribution in [3.8, 4) is 5.75 Å². The molecule has 1 aliphatic heterocycles. The molecule has 6 nitrogen and oxygen atoms in total. The zero-order valence-corrected chi connectivity index (χ0v) is 16.3. The van der Waals surface area contributed by atoms with Crippen LogP contribution in [0.2, 0.25) is 0 Å². The monoisotopic (exact) mass is 402 g/mol. The van der Waals surface area contributed by atoms with Gasteiger partial charge in [0.15, 0.2) is 0 Å². The fraction of sp³-hybridized carbons (Fsp3) is 0.167. The Morgan fingerprint density at radius 3 is 2.43 bits per heavy atom. The predicted molar refractivity (Wildman–Crippen MR) is 114 cm³/mol. The predicted octanol–water partition coefficient (Wildman–Crippen LogP) is 3.58. The molecule has 0 atom stereocenters. The van der Waals surface area contributed by atoms with Crippen molar-refractivity contribution in [2.45, 2.75) is 12.6 Å². The minimum absolute atomic E-state index is 0.0235. The largest absolute Gasteiger partial charge is 0.487 e. The van der Waals surface area contributed by atoms with Crippen LogP contribution in [0, 0.1) is 0 Å². The van der Waals surface area contributed by atoms with Crippen LogP contribution in [0.25, 0.3) is 0 Å². The number of ether oxygens (including phenoxy) is 1. The summed E-state index contributed by atoms with van der Waals surface area (Å²) in [6.07, 6.45) is -0.0235. The number of carboxylic acid groups (broad SMARTS) is 1. The van der Waals surface area contributed by atoms with Gasteiger partial charge in [-0.15, -0.1) is 0 Å². The van der Waals surface area contributed by atoms with Crippen molar-refractivity contribution in [2.75, 3.05) is 18.0 Å². The number of carboxylic acids is 1. The minimum Gasteiger partial charge on any atom is -0.487 e. The Bertz CT molecular complexity index is 1050. The van der Waals surface area contributed by atoms with Gasteiger partial charge in [0.2, 0.25) is 0 Å². The molecule has 1 heterocycles. The van der Waals surface area contributed by atoms with Crippen LogP contribution in [0.4, 0.5) is 5.69 Å². The summed E-state index contributed by atoms with van der Waals surface area (Å²) in [4.78, 5) is 25.7. The summed E-state index contributed by atoms with van der Waals surface area (Å²) in [7, 11) is 0. The molecule has 1 fully saturated rings. The Morgan fingerprint density at radius 1 is 0.933 bits per heavy atom. The molecule has 0 spiro atoms. The van der Waals surface area contributed by atoms with Gasteiger partial charge >= 0.3 is 5.97 Å². The maximum absolute atomic E-state index is 12.5. The molecule has 0 bridgehead atoms. The molecule has 3 aromatic rings. The van der Waals surface area contributed by atoms with Gasteiger partial charge in [-0.05, 0) is 42.0 Å².